The normalized spacial score (nSPS) is 12.8. The fourth-order valence-electron chi connectivity index (χ4n) is 3.63. The molecule has 10 heteroatoms. The number of carbonyl (C=O) groups is 1. The van der Waals surface area contributed by atoms with Gasteiger partial charge in [-0.25, -0.2) is 4.98 Å². The summed E-state index contributed by atoms with van der Waals surface area (Å²) in [6.07, 6.45) is -0.148. The van der Waals surface area contributed by atoms with Crippen LogP contribution < -0.4 is 16.2 Å². The fraction of sp³-hybridized carbons (Fsp3) is 0.217. The number of aromatic amines is 1. The van der Waals surface area contributed by atoms with Crippen LogP contribution in [0, 0.1) is 5.92 Å². The van der Waals surface area contributed by atoms with E-state index in [9.17, 15) is 22.8 Å². The Bertz CT molecular complexity index is 1380. The van der Waals surface area contributed by atoms with Crippen molar-refractivity contribution in [1.29, 1.82) is 0 Å². The number of amides is 1. The first-order chi connectivity index (χ1) is 15.6. The maximum absolute atomic E-state index is 13.6. The molecule has 0 saturated carbocycles. The SMILES string of the molecule is CC(C)C(Nc1nc2cc[nH]c(=O)c2c2cc(NC(=O)c3ccncc3)ccc12)C(F)(F)F. The average Bonchev–Trinajstić information content (AvgIpc) is 2.76. The maximum Gasteiger partial charge on any atom is 0.408 e. The molecule has 0 saturated heterocycles. The topological polar surface area (TPSA) is 99.8 Å². The van der Waals surface area contributed by atoms with Crippen LogP contribution in [0.25, 0.3) is 21.7 Å². The van der Waals surface area contributed by atoms with E-state index in [0.29, 0.717) is 22.0 Å². The average molecular weight is 455 g/mol. The van der Waals surface area contributed by atoms with Crippen LogP contribution in [-0.2, 0) is 0 Å². The van der Waals surface area contributed by atoms with Gasteiger partial charge in [-0.1, -0.05) is 13.8 Å². The van der Waals surface area contributed by atoms with E-state index in [1.54, 1.807) is 24.3 Å². The number of rotatable bonds is 5. The minimum absolute atomic E-state index is 0.00568. The van der Waals surface area contributed by atoms with Crippen LogP contribution in [0.15, 0.2) is 59.8 Å². The van der Waals surface area contributed by atoms with E-state index in [-0.39, 0.29) is 22.6 Å². The molecule has 3 heterocycles. The summed E-state index contributed by atoms with van der Waals surface area (Å²) in [5, 5.41) is 6.16. The number of aromatic nitrogens is 3. The molecule has 1 aromatic carbocycles. The number of nitrogens with zero attached hydrogens (tertiary/aromatic N) is 2. The number of anilines is 2. The number of alkyl halides is 3. The van der Waals surface area contributed by atoms with Crippen molar-refractivity contribution in [3.05, 3.63) is 70.9 Å². The number of H-pyrrole nitrogens is 1. The molecule has 1 unspecified atom stereocenters. The van der Waals surface area contributed by atoms with Crippen molar-refractivity contribution in [3.63, 3.8) is 0 Å². The largest absolute Gasteiger partial charge is 0.408 e. The number of carbonyl (C=O) groups excluding carboxylic acids is 1. The summed E-state index contributed by atoms with van der Waals surface area (Å²) >= 11 is 0. The summed E-state index contributed by atoms with van der Waals surface area (Å²) in [6.45, 7) is 2.93. The van der Waals surface area contributed by atoms with Gasteiger partial charge in [-0.15, -0.1) is 0 Å². The van der Waals surface area contributed by atoms with Gasteiger partial charge in [0.05, 0.1) is 10.9 Å². The smallest absolute Gasteiger partial charge is 0.358 e. The highest BCUT2D eigenvalue weighted by molar-refractivity contribution is 6.12. The van der Waals surface area contributed by atoms with E-state index in [1.807, 2.05) is 0 Å². The summed E-state index contributed by atoms with van der Waals surface area (Å²) < 4.78 is 40.8. The molecule has 0 aliphatic rings. The molecule has 4 rings (SSSR count). The zero-order chi connectivity index (χ0) is 23.8. The van der Waals surface area contributed by atoms with Gasteiger partial charge in [0.25, 0.3) is 11.5 Å². The first kappa shape index (κ1) is 22.3. The van der Waals surface area contributed by atoms with E-state index < -0.39 is 23.7 Å². The molecule has 1 atom stereocenters. The molecule has 170 valence electrons. The fourth-order valence-corrected chi connectivity index (χ4v) is 3.63. The molecule has 7 nitrogen and oxygen atoms in total. The standard InChI is InChI=1S/C23H20F3N5O2/c1-12(2)19(23(24,25)26)31-20-15-4-3-14(29-21(32)13-5-8-27-9-6-13)11-16(15)18-17(30-20)7-10-28-22(18)33/h3-12,19H,1-2H3,(H,28,33)(H,29,32)(H,30,31). The third kappa shape index (κ3) is 4.50. The quantitative estimate of drug-likeness (QED) is 0.378. The third-order valence-electron chi connectivity index (χ3n) is 5.23. The lowest BCUT2D eigenvalue weighted by atomic mass is 10.0. The van der Waals surface area contributed by atoms with Crippen LogP contribution in [-0.4, -0.2) is 33.1 Å². The Morgan fingerprint density at radius 3 is 2.45 bits per heavy atom. The van der Waals surface area contributed by atoms with E-state index in [2.05, 4.69) is 25.6 Å². The minimum Gasteiger partial charge on any atom is -0.358 e. The highest BCUT2D eigenvalue weighted by Crippen LogP contribution is 2.34. The van der Waals surface area contributed by atoms with Gasteiger partial charge in [0, 0.05) is 40.6 Å². The summed E-state index contributed by atoms with van der Waals surface area (Å²) in [5.41, 5.74) is 0.554. The van der Waals surface area contributed by atoms with Crippen LogP contribution in [0.5, 0.6) is 0 Å². The number of pyridine rings is 3. The van der Waals surface area contributed by atoms with Gasteiger partial charge in [0.1, 0.15) is 11.9 Å². The van der Waals surface area contributed by atoms with Gasteiger partial charge in [-0.3, -0.25) is 14.6 Å². The van der Waals surface area contributed by atoms with Crippen LogP contribution in [0.4, 0.5) is 24.7 Å². The number of hydrogen-bond donors (Lipinski definition) is 3. The number of hydrogen-bond acceptors (Lipinski definition) is 5. The molecule has 0 aliphatic carbocycles. The van der Waals surface area contributed by atoms with Gasteiger partial charge in [-0.05, 0) is 42.3 Å². The highest BCUT2D eigenvalue weighted by atomic mass is 19.4. The van der Waals surface area contributed by atoms with Gasteiger partial charge in [-0.2, -0.15) is 13.2 Å². The molecule has 0 fully saturated rings. The van der Waals surface area contributed by atoms with Crippen LogP contribution >= 0.6 is 0 Å². The van der Waals surface area contributed by atoms with Crippen LogP contribution in [0.3, 0.4) is 0 Å². The van der Waals surface area contributed by atoms with E-state index >= 15 is 0 Å². The lowest BCUT2D eigenvalue weighted by Gasteiger charge is -2.26. The Hall–Kier alpha value is -3.95. The molecule has 0 radical (unpaired) electrons. The molecule has 0 aliphatic heterocycles. The predicted molar refractivity (Wildman–Crippen MR) is 120 cm³/mol. The second kappa shape index (κ2) is 8.53. The second-order valence-corrected chi connectivity index (χ2v) is 7.89. The molecule has 33 heavy (non-hydrogen) atoms. The number of halogens is 3. The second-order valence-electron chi connectivity index (χ2n) is 7.89. The Balaban J connectivity index is 1.85. The van der Waals surface area contributed by atoms with E-state index in [4.69, 9.17) is 0 Å². The van der Waals surface area contributed by atoms with Gasteiger partial charge >= 0.3 is 6.18 Å². The van der Waals surface area contributed by atoms with Gasteiger partial charge < -0.3 is 15.6 Å². The third-order valence-corrected chi connectivity index (χ3v) is 5.23. The van der Waals surface area contributed by atoms with E-state index in [0.717, 1.165) is 0 Å². The van der Waals surface area contributed by atoms with Gasteiger partial charge in [0.15, 0.2) is 0 Å². The van der Waals surface area contributed by atoms with Gasteiger partial charge in [0.2, 0.25) is 0 Å². The minimum atomic E-state index is -4.50. The summed E-state index contributed by atoms with van der Waals surface area (Å²) in [6, 6.07) is 7.41. The monoisotopic (exact) mass is 455 g/mol. The Kier molecular flexibility index (Phi) is 5.75. The molecule has 0 bridgehead atoms. The number of nitrogens with one attached hydrogen (secondary N) is 3. The molecule has 1 amide bonds. The van der Waals surface area contributed by atoms with Crippen molar-refractivity contribution < 1.29 is 18.0 Å². The molecular weight excluding hydrogens is 435 g/mol. The maximum atomic E-state index is 13.6. The van der Waals surface area contributed by atoms with Crippen molar-refractivity contribution in [3.8, 4) is 0 Å². The van der Waals surface area contributed by atoms with Crippen LogP contribution in [0.2, 0.25) is 0 Å². The zero-order valence-corrected chi connectivity index (χ0v) is 17.7. The summed E-state index contributed by atoms with van der Waals surface area (Å²) in [5.74, 6) is -1.14. The highest BCUT2D eigenvalue weighted by Gasteiger charge is 2.42. The lowest BCUT2D eigenvalue weighted by molar-refractivity contribution is -0.150. The number of benzene rings is 1. The molecule has 0 spiro atoms. The first-order valence-electron chi connectivity index (χ1n) is 10.1. The zero-order valence-electron chi connectivity index (χ0n) is 17.7. The Morgan fingerprint density at radius 1 is 1.06 bits per heavy atom. The predicted octanol–water partition coefficient (Wildman–Crippen LogP) is 4.72. The molecule has 4 aromatic rings. The van der Waals surface area contributed by atoms with Crippen LogP contribution in [0.1, 0.15) is 24.2 Å². The Morgan fingerprint density at radius 2 is 1.79 bits per heavy atom. The molecular formula is C23H20F3N5O2. The summed E-state index contributed by atoms with van der Waals surface area (Å²) in [7, 11) is 0. The van der Waals surface area contributed by atoms with Crippen molar-refractivity contribution in [2.75, 3.05) is 10.6 Å². The Labute approximate surface area is 186 Å². The molecule has 3 N–H and O–H groups in total. The molecule has 3 aromatic heterocycles. The summed E-state index contributed by atoms with van der Waals surface area (Å²) in [4.78, 5) is 35.8. The van der Waals surface area contributed by atoms with E-state index in [1.165, 1.54) is 44.6 Å². The van der Waals surface area contributed by atoms with Crippen molar-refractivity contribution in [1.82, 2.24) is 15.0 Å². The van der Waals surface area contributed by atoms with Crippen molar-refractivity contribution in [2.45, 2.75) is 26.1 Å². The van der Waals surface area contributed by atoms with Crippen molar-refractivity contribution >= 4 is 39.1 Å². The number of fused-ring (bicyclic) bond motifs is 3. The van der Waals surface area contributed by atoms with Crippen molar-refractivity contribution in [2.24, 2.45) is 5.92 Å². The lowest BCUT2D eigenvalue weighted by Crippen LogP contribution is -2.40. The first-order valence-corrected chi connectivity index (χ1v) is 10.1.